The molecule has 1 amide bonds. The van der Waals surface area contributed by atoms with Gasteiger partial charge in [-0.2, -0.15) is 0 Å². The molecule has 4 aliphatic carbocycles. The number of amides is 1. The molecule has 1 aromatic rings. The molecule has 4 aliphatic rings. The molecular formula is C18H24N2O. The van der Waals surface area contributed by atoms with Crippen molar-refractivity contribution in [2.45, 2.75) is 38.6 Å². The van der Waals surface area contributed by atoms with Crippen molar-refractivity contribution in [2.75, 3.05) is 5.73 Å². The smallest absolute Gasteiger partial charge is 0.223 e. The number of para-hydroxylation sites is 1. The average Bonchev–Trinajstić information content (AvgIpc) is 2.45. The SMILES string of the molecule is Nc1ccccc1CNC(=O)C1C2CC3CC(C2)CC1C3. The largest absolute Gasteiger partial charge is 0.398 e. The summed E-state index contributed by atoms with van der Waals surface area (Å²) in [6.45, 7) is 0.564. The van der Waals surface area contributed by atoms with Gasteiger partial charge in [-0.05, 0) is 67.4 Å². The van der Waals surface area contributed by atoms with Crippen LogP contribution in [0.1, 0.15) is 37.7 Å². The Bertz CT molecular complexity index is 526. The number of anilines is 1. The van der Waals surface area contributed by atoms with Crippen LogP contribution in [0.3, 0.4) is 0 Å². The third-order valence-electron chi connectivity index (χ3n) is 6.04. The molecule has 1 aromatic carbocycles. The van der Waals surface area contributed by atoms with E-state index in [9.17, 15) is 4.79 Å². The highest BCUT2D eigenvalue weighted by Gasteiger charge is 2.50. The van der Waals surface area contributed by atoms with Gasteiger partial charge >= 0.3 is 0 Å². The fraction of sp³-hybridized carbons (Fsp3) is 0.611. The Morgan fingerprint density at radius 3 is 2.29 bits per heavy atom. The summed E-state index contributed by atoms with van der Waals surface area (Å²) in [5.41, 5.74) is 7.74. The van der Waals surface area contributed by atoms with Gasteiger partial charge in [0.1, 0.15) is 0 Å². The fourth-order valence-electron chi connectivity index (χ4n) is 5.35. The molecule has 0 saturated heterocycles. The Balaban J connectivity index is 1.43. The molecule has 4 bridgehead atoms. The summed E-state index contributed by atoms with van der Waals surface area (Å²) in [4.78, 5) is 12.7. The third-order valence-corrected chi connectivity index (χ3v) is 6.04. The summed E-state index contributed by atoms with van der Waals surface area (Å²) in [5, 5.41) is 3.15. The number of hydrogen-bond donors (Lipinski definition) is 2. The Labute approximate surface area is 126 Å². The minimum Gasteiger partial charge on any atom is -0.398 e. The highest BCUT2D eigenvalue weighted by Crippen LogP contribution is 2.56. The molecule has 4 fully saturated rings. The average molecular weight is 284 g/mol. The van der Waals surface area contributed by atoms with E-state index in [1.165, 1.54) is 32.1 Å². The Morgan fingerprint density at radius 2 is 1.67 bits per heavy atom. The molecule has 4 saturated carbocycles. The minimum atomic E-state index is 0.266. The molecule has 112 valence electrons. The van der Waals surface area contributed by atoms with Crippen molar-refractivity contribution in [3.63, 3.8) is 0 Å². The highest BCUT2D eigenvalue weighted by molar-refractivity contribution is 5.79. The van der Waals surface area contributed by atoms with E-state index in [0.29, 0.717) is 18.4 Å². The molecule has 0 spiro atoms. The molecule has 3 heteroatoms. The van der Waals surface area contributed by atoms with Crippen LogP contribution in [0.5, 0.6) is 0 Å². The molecule has 3 N–H and O–H groups in total. The van der Waals surface area contributed by atoms with Gasteiger partial charge in [0.05, 0.1) is 0 Å². The Morgan fingerprint density at radius 1 is 1.05 bits per heavy atom. The molecule has 21 heavy (non-hydrogen) atoms. The van der Waals surface area contributed by atoms with Gasteiger partial charge < -0.3 is 11.1 Å². The van der Waals surface area contributed by atoms with E-state index < -0.39 is 0 Å². The number of carbonyl (C=O) groups excluding carboxylic acids is 1. The lowest BCUT2D eigenvalue weighted by molar-refractivity contribution is -0.138. The van der Waals surface area contributed by atoms with Crippen molar-refractivity contribution in [1.82, 2.24) is 5.32 Å². The van der Waals surface area contributed by atoms with Crippen LogP contribution in [0, 0.1) is 29.6 Å². The molecular weight excluding hydrogens is 260 g/mol. The standard InChI is InChI=1S/C18H24N2O/c19-16-4-2-1-3-13(16)10-20-18(21)17-14-6-11-5-12(8-14)9-15(17)7-11/h1-4,11-12,14-15,17H,5-10,19H2,(H,20,21). The molecule has 3 nitrogen and oxygen atoms in total. The first-order valence-corrected chi connectivity index (χ1v) is 8.32. The van der Waals surface area contributed by atoms with E-state index in [-0.39, 0.29) is 11.8 Å². The van der Waals surface area contributed by atoms with Crippen LogP contribution in [0.25, 0.3) is 0 Å². The maximum Gasteiger partial charge on any atom is 0.223 e. The zero-order valence-electron chi connectivity index (χ0n) is 12.4. The molecule has 0 aromatic heterocycles. The number of hydrogen-bond acceptors (Lipinski definition) is 2. The van der Waals surface area contributed by atoms with Crippen LogP contribution in [0.4, 0.5) is 5.69 Å². The van der Waals surface area contributed by atoms with Gasteiger partial charge in [-0.25, -0.2) is 0 Å². The summed E-state index contributed by atoms with van der Waals surface area (Å²) in [5.74, 6) is 3.67. The van der Waals surface area contributed by atoms with Crippen LogP contribution >= 0.6 is 0 Å². The van der Waals surface area contributed by atoms with Crippen LogP contribution in [-0.2, 0) is 11.3 Å². The first-order chi connectivity index (χ1) is 10.2. The van der Waals surface area contributed by atoms with E-state index in [1.807, 2.05) is 24.3 Å². The second-order valence-corrected chi connectivity index (χ2v) is 7.37. The topological polar surface area (TPSA) is 55.1 Å². The number of carbonyl (C=O) groups is 1. The van der Waals surface area contributed by atoms with Gasteiger partial charge in [-0.3, -0.25) is 4.79 Å². The number of nitrogens with two attached hydrogens (primary N) is 1. The summed E-state index contributed by atoms with van der Waals surface area (Å²) in [6, 6.07) is 7.79. The van der Waals surface area contributed by atoms with Gasteiger partial charge in [0.15, 0.2) is 0 Å². The normalized spacial score (nSPS) is 36.7. The molecule has 0 radical (unpaired) electrons. The quantitative estimate of drug-likeness (QED) is 0.838. The summed E-state index contributed by atoms with van der Waals surface area (Å²) in [7, 11) is 0. The van der Waals surface area contributed by atoms with Gasteiger partial charge in [-0.15, -0.1) is 0 Å². The molecule has 0 aliphatic heterocycles. The lowest BCUT2D eigenvalue weighted by Crippen LogP contribution is -2.50. The van der Waals surface area contributed by atoms with Crippen LogP contribution in [-0.4, -0.2) is 5.91 Å². The molecule has 0 unspecified atom stereocenters. The van der Waals surface area contributed by atoms with Crippen molar-refractivity contribution in [1.29, 1.82) is 0 Å². The van der Waals surface area contributed by atoms with Gasteiger partial charge in [0.2, 0.25) is 5.91 Å². The van der Waals surface area contributed by atoms with E-state index >= 15 is 0 Å². The van der Waals surface area contributed by atoms with Crippen molar-refractivity contribution in [3.8, 4) is 0 Å². The second kappa shape index (κ2) is 5.04. The van der Waals surface area contributed by atoms with E-state index in [4.69, 9.17) is 5.73 Å². The number of nitrogens with one attached hydrogen (secondary N) is 1. The first kappa shape index (κ1) is 13.2. The van der Waals surface area contributed by atoms with Crippen LogP contribution in [0.2, 0.25) is 0 Å². The van der Waals surface area contributed by atoms with Crippen LogP contribution < -0.4 is 11.1 Å². The first-order valence-electron chi connectivity index (χ1n) is 8.32. The number of rotatable bonds is 3. The highest BCUT2D eigenvalue weighted by atomic mass is 16.1. The van der Waals surface area contributed by atoms with Crippen LogP contribution in [0.15, 0.2) is 24.3 Å². The van der Waals surface area contributed by atoms with E-state index in [1.54, 1.807) is 0 Å². The summed E-state index contributed by atoms with van der Waals surface area (Å²) < 4.78 is 0. The number of nitrogen functional groups attached to an aromatic ring is 1. The predicted molar refractivity (Wildman–Crippen MR) is 83.2 cm³/mol. The van der Waals surface area contributed by atoms with Crippen molar-refractivity contribution >= 4 is 11.6 Å². The minimum absolute atomic E-state index is 0.266. The third kappa shape index (κ3) is 2.33. The lowest BCUT2D eigenvalue weighted by atomic mass is 9.51. The molecule has 0 atom stereocenters. The van der Waals surface area contributed by atoms with E-state index in [0.717, 1.165) is 23.1 Å². The zero-order chi connectivity index (χ0) is 14.4. The zero-order valence-corrected chi connectivity index (χ0v) is 12.4. The van der Waals surface area contributed by atoms with Crippen molar-refractivity contribution in [2.24, 2.45) is 29.6 Å². The van der Waals surface area contributed by atoms with Gasteiger partial charge in [0.25, 0.3) is 0 Å². The van der Waals surface area contributed by atoms with Crippen molar-refractivity contribution in [3.05, 3.63) is 29.8 Å². The van der Waals surface area contributed by atoms with Gasteiger partial charge in [-0.1, -0.05) is 18.2 Å². The lowest BCUT2D eigenvalue weighted by Gasteiger charge is -2.53. The Kier molecular flexibility index (Phi) is 3.16. The van der Waals surface area contributed by atoms with Gasteiger partial charge in [0, 0.05) is 18.2 Å². The predicted octanol–water partition coefficient (Wildman–Crippen LogP) is 2.96. The monoisotopic (exact) mass is 284 g/mol. The molecule has 5 rings (SSSR count). The molecule has 0 heterocycles. The maximum absolute atomic E-state index is 12.7. The fourth-order valence-corrected chi connectivity index (χ4v) is 5.35. The van der Waals surface area contributed by atoms with Crippen molar-refractivity contribution < 1.29 is 4.79 Å². The maximum atomic E-state index is 12.7. The number of benzene rings is 1. The second-order valence-electron chi connectivity index (χ2n) is 7.37. The summed E-state index contributed by atoms with van der Waals surface area (Å²) >= 11 is 0. The Hall–Kier alpha value is -1.51. The summed E-state index contributed by atoms with van der Waals surface area (Å²) in [6.07, 6.45) is 6.59. The van der Waals surface area contributed by atoms with E-state index in [2.05, 4.69) is 5.32 Å².